The maximum atomic E-state index is 13.5. The number of aromatic nitrogens is 1. The quantitative estimate of drug-likeness (QED) is 0.891. The largest absolute Gasteiger partial charge is 0.475 e. The predicted molar refractivity (Wildman–Crippen MR) is 65.5 cm³/mol. The average Bonchev–Trinajstić information content (AvgIpc) is 2.83. The molecule has 0 unspecified atom stereocenters. The molecule has 1 heterocycles. The molecule has 1 amide bonds. The second-order valence-electron chi connectivity index (χ2n) is 3.58. The number of anilines is 1. The predicted octanol–water partition coefficient (Wildman–Crippen LogP) is 2.67. The van der Waals surface area contributed by atoms with Crippen LogP contribution in [0.4, 0.5) is 14.5 Å². The topological polar surface area (TPSA) is 92.4 Å². The molecule has 6 nitrogen and oxygen atoms in total. The molecular weight excluding hydrogens is 342 g/mol. The van der Waals surface area contributed by atoms with E-state index < -0.39 is 29.3 Å². The van der Waals surface area contributed by atoms with Crippen molar-refractivity contribution in [2.75, 3.05) is 5.32 Å². The van der Waals surface area contributed by atoms with Crippen molar-refractivity contribution in [3.05, 3.63) is 45.8 Å². The van der Waals surface area contributed by atoms with Crippen LogP contribution in [0.15, 0.2) is 27.2 Å². The first kappa shape index (κ1) is 14.1. The minimum Gasteiger partial charge on any atom is -0.475 e. The molecule has 20 heavy (non-hydrogen) atoms. The van der Waals surface area contributed by atoms with Crippen LogP contribution in [-0.4, -0.2) is 22.1 Å². The summed E-state index contributed by atoms with van der Waals surface area (Å²) in [6.07, 6.45) is 0. The highest BCUT2D eigenvalue weighted by atomic mass is 79.9. The fraction of sp³-hybridized carbons (Fsp3) is 0. The lowest BCUT2D eigenvalue weighted by molar-refractivity contribution is 0.0651. The molecule has 0 aliphatic rings. The zero-order valence-electron chi connectivity index (χ0n) is 9.49. The van der Waals surface area contributed by atoms with E-state index in [2.05, 4.69) is 30.9 Å². The number of hydrogen-bond donors (Lipinski definition) is 2. The van der Waals surface area contributed by atoms with Crippen molar-refractivity contribution in [1.29, 1.82) is 0 Å². The average molecular weight is 347 g/mol. The maximum Gasteiger partial charge on any atom is 0.374 e. The number of benzene rings is 1. The Kier molecular flexibility index (Phi) is 3.79. The van der Waals surface area contributed by atoms with E-state index in [-0.39, 0.29) is 15.9 Å². The normalized spacial score (nSPS) is 10.3. The number of nitrogens with one attached hydrogen (secondary N) is 1. The van der Waals surface area contributed by atoms with E-state index in [0.717, 1.165) is 12.1 Å². The van der Waals surface area contributed by atoms with E-state index >= 15 is 0 Å². The van der Waals surface area contributed by atoms with E-state index in [1.165, 1.54) is 0 Å². The molecule has 1 aromatic heterocycles. The fourth-order valence-electron chi connectivity index (χ4n) is 1.32. The van der Waals surface area contributed by atoms with Gasteiger partial charge in [-0.2, -0.15) is 0 Å². The first-order valence-electron chi connectivity index (χ1n) is 5.04. The molecule has 0 radical (unpaired) electrons. The van der Waals surface area contributed by atoms with Crippen LogP contribution in [0.5, 0.6) is 0 Å². The van der Waals surface area contributed by atoms with Crippen LogP contribution in [0.3, 0.4) is 0 Å². The van der Waals surface area contributed by atoms with Crippen molar-refractivity contribution < 1.29 is 28.0 Å². The molecule has 2 N–H and O–H groups in total. The van der Waals surface area contributed by atoms with Crippen molar-refractivity contribution in [3.8, 4) is 0 Å². The Morgan fingerprint density at radius 3 is 2.55 bits per heavy atom. The van der Waals surface area contributed by atoms with Gasteiger partial charge < -0.3 is 14.9 Å². The van der Waals surface area contributed by atoms with Crippen LogP contribution in [0.1, 0.15) is 21.0 Å². The van der Waals surface area contributed by atoms with Gasteiger partial charge in [-0.15, -0.1) is 0 Å². The van der Waals surface area contributed by atoms with E-state index in [0.29, 0.717) is 6.07 Å². The number of halogens is 3. The molecule has 0 atom stereocenters. The van der Waals surface area contributed by atoms with Crippen molar-refractivity contribution in [2.45, 2.75) is 0 Å². The number of carboxylic acid groups (broad SMARTS) is 1. The lowest BCUT2D eigenvalue weighted by atomic mass is 10.2. The summed E-state index contributed by atoms with van der Waals surface area (Å²) in [4.78, 5) is 22.3. The van der Waals surface area contributed by atoms with Crippen LogP contribution in [0, 0.1) is 11.6 Å². The van der Waals surface area contributed by atoms with Gasteiger partial charge >= 0.3 is 5.97 Å². The Morgan fingerprint density at radius 2 is 2.00 bits per heavy atom. The van der Waals surface area contributed by atoms with Gasteiger partial charge in [0.2, 0.25) is 5.76 Å². The SMILES string of the molecule is O=C(Nc1c(F)cc(F)cc1Br)c1cc(C(=O)O)on1. The highest BCUT2D eigenvalue weighted by molar-refractivity contribution is 9.10. The van der Waals surface area contributed by atoms with Gasteiger partial charge in [0.25, 0.3) is 5.91 Å². The molecule has 104 valence electrons. The lowest BCUT2D eigenvalue weighted by Gasteiger charge is -2.07. The van der Waals surface area contributed by atoms with Crippen molar-refractivity contribution >= 4 is 33.5 Å². The number of aromatic carboxylic acids is 1. The highest BCUT2D eigenvalue weighted by Gasteiger charge is 2.19. The van der Waals surface area contributed by atoms with Crippen LogP contribution in [0.2, 0.25) is 0 Å². The van der Waals surface area contributed by atoms with Gasteiger partial charge in [-0.3, -0.25) is 4.79 Å². The summed E-state index contributed by atoms with van der Waals surface area (Å²) in [7, 11) is 0. The number of amides is 1. The molecule has 2 aromatic rings. The summed E-state index contributed by atoms with van der Waals surface area (Å²) in [5.74, 6) is -4.64. The second kappa shape index (κ2) is 5.37. The smallest absolute Gasteiger partial charge is 0.374 e. The Bertz CT molecular complexity index is 678. The Morgan fingerprint density at radius 1 is 1.30 bits per heavy atom. The number of nitrogens with zero attached hydrogens (tertiary/aromatic N) is 1. The van der Waals surface area contributed by atoms with Crippen LogP contribution in [-0.2, 0) is 0 Å². The zero-order valence-corrected chi connectivity index (χ0v) is 11.1. The maximum absolute atomic E-state index is 13.5. The summed E-state index contributed by atoms with van der Waals surface area (Å²) < 4.78 is 30.8. The number of rotatable bonds is 3. The number of carbonyl (C=O) groups is 2. The van der Waals surface area contributed by atoms with Gasteiger partial charge in [-0.25, -0.2) is 13.6 Å². The molecule has 1 aromatic carbocycles. The minimum atomic E-state index is -1.40. The first-order chi connectivity index (χ1) is 9.38. The summed E-state index contributed by atoms with van der Waals surface area (Å²) in [5.41, 5.74) is -0.644. The van der Waals surface area contributed by atoms with Crippen LogP contribution in [0.25, 0.3) is 0 Å². The van der Waals surface area contributed by atoms with Crippen LogP contribution < -0.4 is 5.32 Å². The molecular formula is C11H5BrF2N2O4. The van der Waals surface area contributed by atoms with Gasteiger partial charge in [0, 0.05) is 16.6 Å². The molecule has 0 fully saturated rings. The molecule has 0 bridgehead atoms. The van der Waals surface area contributed by atoms with E-state index in [4.69, 9.17) is 5.11 Å². The molecule has 0 saturated heterocycles. The summed E-state index contributed by atoms with van der Waals surface area (Å²) in [5, 5.41) is 14.0. The van der Waals surface area contributed by atoms with E-state index in [1.807, 2.05) is 0 Å². The van der Waals surface area contributed by atoms with Crippen molar-refractivity contribution in [3.63, 3.8) is 0 Å². The molecule has 2 rings (SSSR count). The van der Waals surface area contributed by atoms with Gasteiger partial charge in [0.15, 0.2) is 11.5 Å². The molecule has 0 spiro atoms. The second-order valence-corrected chi connectivity index (χ2v) is 4.43. The van der Waals surface area contributed by atoms with Gasteiger partial charge in [-0.1, -0.05) is 5.16 Å². The Labute approximate surface area is 118 Å². The summed E-state index contributed by atoms with van der Waals surface area (Å²) in [6.45, 7) is 0. The molecule has 9 heteroatoms. The highest BCUT2D eigenvalue weighted by Crippen LogP contribution is 2.27. The number of carboxylic acids is 1. The Hall–Kier alpha value is -2.29. The fourth-order valence-corrected chi connectivity index (χ4v) is 1.83. The Balaban J connectivity index is 2.25. The standard InChI is InChI=1S/C11H5BrF2N2O4/c12-5-1-4(13)2-6(14)9(5)15-10(17)7-3-8(11(18)19)20-16-7/h1-3H,(H,15,17)(H,18,19). The number of hydrogen-bond acceptors (Lipinski definition) is 4. The minimum absolute atomic E-state index is 0.00898. The van der Waals surface area contributed by atoms with Gasteiger partial charge in [-0.05, 0) is 22.0 Å². The summed E-state index contributed by atoms with van der Waals surface area (Å²) >= 11 is 2.89. The zero-order chi connectivity index (χ0) is 14.9. The van der Waals surface area contributed by atoms with E-state index in [9.17, 15) is 18.4 Å². The first-order valence-corrected chi connectivity index (χ1v) is 5.83. The van der Waals surface area contributed by atoms with Gasteiger partial charge in [0.1, 0.15) is 5.82 Å². The van der Waals surface area contributed by atoms with Crippen molar-refractivity contribution in [2.24, 2.45) is 0 Å². The molecule has 0 aliphatic heterocycles. The molecule has 0 saturated carbocycles. The molecule has 0 aliphatic carbocycles. The van der Waals surface area contributed by atoms with E-state index in [1.54, 1.807) is 0 Å². The summed E-state index contributed by atoms with van der Waals surface area (Å²) in [6, 6.07) is 2.43. The lowest BCUT2D eigenvalue weighted by Crippen LogP contribution is -2.14. The van der Waals surface area contributed by atoms with Crippen molar-refractivity contribution in [1.82, 2.24) is 5.16 Å². The van der Waals surface area contributed by atoms with Gasteiger partial charge in [0.05, 0.1) is 5.69 Å². The van der Waals surface area contributed by atoms with Crippen LogP contribution >= 0.6 is 15.9 Å². The monoisotopic (exact) mass is 346 g/mol. The number of carbonyl (C=O) groups excluding carboxylic acids is 1. The third kappa shape index (κ3) is 2.82. The third-order valence-electron chi connectivity index (χ3n) is 2.20. The third-order valence-corrected chi connectivity index (χ3v) is 2.82.